The van der Waals surface area contributed by atoms with Crippen molar-refractivity contribution in [3.8, 4) is 17.0 Å². The van der Waals surface area contributed by atoms with Crippen LogP contribution in [0.1, 0.15) is 32.8 Å². The van der Waals surface area contributed by atoms with Gasteiger partial charge in [-0.05, 0) is 41.5 Å². The maximum atomic E-state index is 14.1. The van der Waals surface area contributed by atoms with Crippen LogP contribution in [0, 0.1) is 11.7 Å². The maximum Gasteiger partial charge on any atom is 0.221 e. The monoisotopic (exact) mass is 487 g/mol. The third-order valence-corrected chi connectivity index (χ3v) is 6.74. The predicted molar refractivity (Wildman–Crippen MR) is 131 cm³/mol. The van der Waals surface area contributed by atoms with Gasteiger partial charge < -0.3 is 9.64 Å². The fourth-order valence-electron chi connectivity index (χ4n) is 4.16. The Balaban J connectivity index is 1.76. The molecule has 1 N–H and O–H groups in total. The highest BCUT2D eigenvalue weighted by molar-refractivity contribution is 7.88. The summed E-state index contributed by atoms with van der Waals surface area (Å²) in [5.41, 5.74) is 3.42. The average molecular weight is 488 g/mol. The second-order valence-corrected chi connectivity index (χ2v) is 11.6. The quantitative estimate of drug-likeness (QED) is 0.568. The lowest BCUT2D eigenvalue weighted by Gasteiger charge is -2.22. The molecular weight excluding hydrogens is 457 g/mol. The van der Waals surface area contributed by atoms with Gasteiger partial charge in [0.15, 0.2) is 0 Å². The first kappa shape index (κ1) is 24.3. The van der Waals surface area contributed by atoms with Crippen LogP contribution >= 0.6 is 0 Å². The van der Waals surface area contributed by atoms with Crippen molar-refractivity contribution in [1.29, 1.82) is 0 Å². The third-order valence-electron chi connectivity index (χ3n) is 6.05. The number of hydrogen-bond acceptors (Lipinski definition) is 7. The Bertz CT molecular complexity index is 1320. The van der Waals surface area contributed by atoms with E-state index in [1.807, 2.05) is 12.1 Å². The summed E-state index contributed by atoms with van der Waals surface area (Å²) in [4.78, 5) is 15.8. The van der Waals surface area contributed by atoms with Gasteiger partial charge in [0.05, 0.1) is 36.8 Å². The van der Waals surface area contributed by atoms with Gasteiger partial charge in [-0.2, -0.15) is 0 Å². The number of halogens is 1. The summed E-state index contributed by atoms with van der Waals surface area (Å²) in [5, 5.41) is 0. The molecule has 1 atom stereocenters. The van der Waals surface area contributed by atoms with Crippen molar-refractivity contribution in [3.05, 3.63) is 42.0 Å². The molecule has 0 amide bonds. The number of sulfonamides is 1. The summed E-state index contributed by atoms with van der Waals surface area (Å²) in [6, 6.07) is 5.42. The van der Waals surface area contributed by atoms with E-state index in [9.17, 15) is 12.8 Å². The molecule has 1 aliphatic rings. The molecule has 0 spiro atoms. The van der Waals surface area contributed by atoms with E-state index in [2.05, 4.69) is 35.4 Å². The first-order valence-corrected chi connectivity index (χ1v) is 13.0. The van der Waals surface area contributed by atoms with Crippen molar-refractivity contribution < 1.29 is 17.5 Å². The summed E-state index contributed by atoms with van der Waals surface area (Å²) in [5.74, 6) is 0.794. The van der Waals surface area contributed by atoms with Gasteiger partial charge in [-0.15, -0.1) is 0 Å². The van der Waals surface area contributed by atoms with E-state index in [1.165, 1.54) is 19.4 Å². The zero-order valence-electron chi connectivity index (χ0n) is 20.1. The fraction of sp³-hybridized carbons (Fsp3) is 0.458. The van der Waals surface area contributed by atoms with Gasteiger partial charge >= 0.3 is 0 Å². The van der Waals surface area contributed by atoms with Crippen LogP contribution in [-0.2, 0) is 15.4 Å². The van der Waals surface area contributed by atoms with E-state index < -0.39 is 15.8 Å². The number of ether oxygens (including phenoxy) is 1. The van der Waals surface area contributed by atoms with Gasteiger partial charge in [-0.1, -0.05) is 20.8 Å². The lowest BCUT2D eigenvalue weighted by molar-refractivity contribution is 0.398. The number of rotatable bonds is 6. The van der Waals surface area contributed by atoms with Crippen LogP contribution in [0.3, 0.4) is 0 Å². The first-order valence-electron chi connectivity index (χ1n) is 11.2. The van der Waals surface area contributed by atoms with Crippen LogP contribution in [0.2, 0.25) is 0 Å². The molecule has 0 bridgehead atoms. The molecule has 0 radical (unpaired) electrons. The van der Waals surface area contributed by atoms with E-state index in [-0.39, 0.29) is 11.3 Å². The highest BCUT2D eigenvalue weighted by Crippen LogP contribution is 2.37. The molecule has 8 nitrogen and oxygen atoms in total. The maximum absolute atomic E-state index is 14.1. The molecule has 182 valence electrons. The van der Waals surface area contributed by atoms with Crippen molar-refractivity contribution in [2.75, 3.05) is 37.9 Å². The Morgan fingerprint density at radius 3 is 2.62 bits per heavy atom. The number of nitrogens with zero attached hydrogens (tertiary/aromatic N) is 4. The predicted octanol–water partition coefficient (Wildman–Crippen LogP) is 3.51. The Morgan fingerprint density at radius 2 is 1.94 bits per heavy atom. The normalized spacial score (nSPS) is 16.9. The first-order chi connectivity index (χ1) is 15.9. The van der Waals surface area contributed by atoms with Crippen LogP contribution in [0.5, 0.6) is 5.88 Å². The van der Waals surface area contributed by atoms with Gasteiger partial charge in [-0.3, -0.25) is 4.98 Å². The molecule has 1 fully saturated rings. The molecule has 1 saturated heterocycles. The van der Waals surface area contributed by atoms with E-state index >= 15 is 0 Å². The number of anilines is 1. The fourth-order valence-corrected chi connectivity index (χ4v) is 4.70. The molecule has 0 saturated carbocycles. The number of pyridine rings is 1. The molecule has 2 aromatic heterocycles. The summed E-state index contributed by atoms with van der Waals surface area (Å²) in [7, 11) is -1.71. The minimum absolute atomic E-state index is 0.176. The number of nitrogens with one attached hydrogen (secondary N) is 1. The number of hydrogen-bond donors (Lipinski definition) is 1. The molecule has 0 aliphatic carbocycles. The molecule has 0 unspecified atom stereocenters. The van der Waals surface area contributed by atoms with Gasteiger partial charge in [0.25, 0.3) is 0 Å². The average Bonchev–Trinajstić information content (AvgIpc) is 3.24. The van der Waals surface area contributed by atoms with Gasteiger partial charge in [-0.25, -0.2) is 27.5 Å². The Kier molecular flexibility index (Phi) is 6.48. The second-order valence-electron chi connectivity index (χ2n) is 9.80. The topological polar surface area (TPSA) is 97.3 Å². The van der Waals surface area contributed by atoms with Crippen molar-refractivity contribution in [3.63, 3.8) is 0 Å². The van der Waals surface area contributed by atoms with Crippen molar-refractivity contribution >= 4 is 26.9 Å². The number of fused-ring (bicyclic) bond motifs is 1. The SMILES string of the molecule is COc1ncc(F)cc1-c1cc(C(C)(C)C)cc2nc(N3CC[C@H](CNS(C)(=O)=O)C3)cnc12. The Hall–Kier alpha value is -2.85. The summed E-state index contributed by atoms with van der Waals surface area (Å²) in [6.45, 7) is 8.18. The van der Waals surface area contributed by atoms with E-state index in [4.69, 9.17) is 14.7 Å². The lowest BCUT2D eigenvalue weighted by atomic mass is 9.85. The minimum Gasteiger partial charge on any atom is -0.481 e. The summed E-state index contributed by atoms with van der Waals surface area (Å²) >= 11 is 0. The molecule has 3 aromatic rings. The van der Waals surface area contributed by atoms with Crippen LogP contribution in [0.4, 0.5) is 10.2 Å². The Morgan fingerprint density at radius 1 is 1.18 bits per heavy atom. The third kappa shape index (κ3) is 5.28. The highest BCUT2D eigenvalue weighted by atomic mass is 32.2. The molecule has 4 rings (SSSR count). The Labute approximate surface area is 199 Å². The van der Waals surface area contributed by atoms with E-state index in [0.29, 0.717) is 41.1 Å². The molecule has 34 heavy (non-hydrogen) atoms. The number of methoxy groups -OCH3 is 1. The summed E-state index contributed by atoms with van der Waals surface area (Å²) < 4.78 is 45.0. The van der Waals surface area contributed by atoms with Crippen LogP contribution in [0.15, 0.2) is 30.6 Å². The van der Waals surface area contributed by atoms with Gasteiger partial charge in [0.1, 0.15) is 11.6 Å². The molecule has 3 heterocycles. The zero-order chi connectivity index (χ0) is 24.7. The lowest BCUT2D eigenvalue weighted by Crippen LogP contribution is -2.30. The highest BCUT2D eigenvalue weighted by Gasteiger charge is 2.26. The smallest absolute Gasteiger partial charge is 0.221 e. The molecular formula is C24H30FN5O3S. The van der Waals surface area contributed by atoms with Crippen LogP contribution < -0.4 is 14.4 Å². The number of benzene rings is 1. The van der Waals surface area contributed by atoms with Gasteiger partial charge in [0.2, 0.25) is 15.9 Å². The molecule has 1 aliphatic heterocycles. The van der Waals surface area contributed by atoms with Crippen molar-refractivity contribution in [1.82, 2.24) is 19.7 Å². The standard InChI is InChI=1S/C24H30FN5O3S/c1-24(2,3)16-8-18(19-10-17(25)12-27-23(19)33-4)22-20(9-16)29-21(13-26-22)30-7-6-15(14-30)11-28-34(5,31)32/h8-10,12-13,15,28H,6-7,11,14H2,1-5H3/t15-/m1/s1. The van der Waals surface area contributed by atoms with Crippen LogP contribution in [0.25, 0.3) is 22.2 Å². The van der Waals surface area contributed by atoms with Crippen molar-refractivity contribution in [2.45, 2.75) is 32.6 Å². The van der Waals surface area contributed by atoms with Gasteiger partial charge in [0, 0.05) is 30.8 Å². The van der Waals surface area contributed by atoms with E-state index in [0.717, 1.165) is 30.5 Å². The molecule has 10 heteroatoms. The van der Waals surface area contributed by atoms with Crippen molar-refractivity contribution in [2.24, 2.45) is 5.92 Å². The summed E-state index contributed by atoms with van der Waals surface area (Å²) in [6.07, 6.45) is 4.88. The minimum atomic E-state index is -3.22. The zero-order valence-corrected chi connectivity index (χ0v) is 20.9. The largest absolute Gasteiger partial charge is 0.481 e. The number of aromatic nitrogens is 3. The second kappa shape index (κ2) is 9.07. The molecule has 1 aromatic carbocycles. The van der Waals surface area contributed by atoms with E-state index in [1.54, 1.807) is 6.20 Å². The van der Waals surface area contributed by atoms with Crippen LogP contribution in [-0.4, -0.2) is 56.4 Å².